The van der Waals surface area contributed by atoms with Crippen molar-refractivity contribution in [3.8, 4) is 0 Å². The van der Waals surface area contributed by atoms with Gasteiger partial charge in [-0.05, 0) is 42.0 Å². The maximum absolute atomic E-state index is 13.3. The zero-order valence-electron chi connectivity index (χ0n) is 15.6. The molecule has 1 aromatic carbocycles. The van der Waals surface area contributed by atoms with Gasteiger partial charge in [-0.1, -0.05) is 37.5 Å². The molecule has 1 aliphatic rings. The smallest absolute Gasteiger partial charge is 0.248 e. The summed E-state index contributed by atoms with van der Waals surface area (Å²) in [4.78, 5) is 28.2. The van der Waals surface area contributed by atoms with Crippen molar-refractivity contribution in [3.63, 3.8) is 0 Å². The molecule has 7 heteroatoms. The van der Waals surface area contributed by atoms with Crippen LogP contribution in [0.4, 0.5) is 4.39 Å². The highest BCUT2D eigenvalue weighted by Crippen LogP contribution is 2.29. The number of carbonyl (C=O) groups is 2. The Hall–Kier alpha value is -1.92. The Bertz CT molecular complexity index is 776. The molecule has 1 fully saturated rings. The highest BCUT2D eigenvalue weighted by molar-refractivity contribution is 7.10. The lowest BCUT2D eigenvalue weighted by atomic mass is 9.95. The van der Waals surface area contributed by atoms with Crippen molar-refractivity contribution in [1.82, 2.24) is 10.2 Å². The lowest BCUT2D eigenvalue weighted by Crippen LogP contribution is -2.47. The van der Waals surface area contributed by atoms with Gasteiger partial charge in [-0.3, -0.25) is 9.59 Å². The summed E-state index contributed by atoms with van der Waals surface area (Å²) in [5, 5.41) is 5.02. The van der Waals surface area contributed by atoms with Gasteiger partial charge >= 0.3 is 0 Å². The van der Waals surface area contributed by atoms with E-state index in [9.17, 15) is 14.0 Å². The molecule has 2 aromatic rings. The van der Waals surface area contributed by atoms with Gasteiger partial charge in [0.05, 0.1) is 0 Å². The average Bonchev–Trinajstić information content (AvgIpc) is 3.23. The molecule has 150 valence electrons. The van der Waals surface area contributed by atoms with Gasteiger partial charge in [-0.2, -0.15) is 0 Å². The molecule has 1 atom stereocenters. The fourth-order valence-electron chi connectivity index (χ4n) is 3.58. The Kier molecular flexibility index (Phi) is 7.45. The fraction of sp³-hybridized carbons (Fsp3) is 0.429. The maximum Gasteiger partial charge on any atom is 0.248 e. The second-order valence-corrected chi connectivity index (χ2v) is 8.29. The van der Waals surface area contributed by atoms with Crippen LogP contribution in [0.2, 0.25) is 0 Å². The first-order valence-electron chi connectivity index (χ1n) is 9.52. The normalized spacial score (nSPS) is 15.8. The summed E-state index contributed by atoms with van der Waals surface area (Å²) in [6.45, 7) is 0.187. The predicted octanol–water partition coefficient (Wildman–Crippen LogP) is 4.64. The zero-order valence-corrected chi connectivity index (χ0v) is 17.1. The molecule has 1 aromatic heterocycles. The number of halogens is 2. The number of carbonyl (C=O) groups excluding carboxylic acids is 2. The predicted molar refractivity (Wildman–Crippen MR) is 110 cm³/mol. The summed E-state index contributed by atoms with van der Waals surface area (Å²) in [6, 6.07) is 9.04. The number of nitrogens with zero attached hydrogens (tertiary/aromatic N) is 1. The fourth-order valence-corrected chi connectivity index (χ4v) is 4.57. The van der Waals surface area contributed by atoms with E-state index in [1.165, 1.54) is 34.8 Å². The molecular weight excluding hydrogens is 399 g/mol. The molecule has 1 aliphatic carbocycles. The molecule has 28 heavy (non-hydrogen) atoms. The second kappa shape index (κ2) is 10.0. The van der Waals surface area contributed by atoms with Crippen LogP contribution in [0, 0.1) is 5.82 Å². The molecule has 1 N–H and O–H groups in total. The molecule has 0 aliphatic heterocycles. The number of thiophene rings is 1. The van der Waals surface area contributed by atoms with E-state index in [0.29, 0.717) is 0 Å². The van der Waals surface area contributed by atoms with Crippen LogP contribution in [0.25, 0.3) is 0 Å². The lowest BCUT2D eigenvalue weighted by molar-refractivity contribution is -0.140. The summed E-state index contributed by atoms with van der Waals surface area (Å²) in [5.74, 6) is -1.08. The van der Waals surface area contributed by atoms with Gasteiger partial charge in [0.15, 0.2) is 0 Å². The van der Waals surface area contributed by atoms with Crippen LogP contribution in [0.15, 0.2) is 41.8 Å². The van der Waals surface area contributed by atoms with Crippen molar-refractivity contribution in [3.05, 3.63) is 58.0 Å². The number of amides is 2. The second-order valence-electron chi connectivity index (χ2n) is 7.04. The number of hydrogen-bond donors (Lipinski definition) is 1. The van der Waals surface area contributed by atoms with Crippen LogP contribution >= 0.6 is 22.9 Å². The molecule has 1 heterocycles. The number of alkyl halides is 1. The molecular formula is C21H24ClFN2O2S. The molecule has 0 saturated heterocycles. The molecule has 0 spiro atoms. The van der Waals surface area contributed by atoms with Gasteiger partial charge in [0, 0.05) is 17.5 Å². The Labute approximate surface area is 173 Å². The topological polar surface area (TPSA) is 49.4 Å². The van der Waals surface area contributed by atoms with Crippen LogP contribution in [0.5, 0.6) is 0 Å². The molecule has 1 unspecified atom stereocenters. The van der Waals surface area contributed by atoms with Crippen LogP contribution < -0.4 is 5.32 Å². The third-order valence-corrected chi connectivity index (χ3v) is 6.18. The van der Waals surface area contributed by atoms with E-state index >= 15 is 0 Å². The Morgan fingerprint density at radius 2 is 1.89 bits per heavy atom. The van der Waals surface area contributed by atoms with Crippen molar-refractivity contribution >= 4 is 34.8 Å². The van der Waals surface area contributed by atoms with Crippen molar-refractivity contribution in [2.24, 2.45) is 0 Å². The van der Waals surface area contributed by atoms with Crippen molar-refractivity contribution in [2.75, 3.05) is 5.88 Å². The minimum absolute atomic E-state index is 0.141. The first-order valence-corrected chi connectivity index (χ1v) is 10.9. The average molecular weight is 423 g/mol. The first-order chi connectivity index (χ1) is 13.6. The summed E-state index contributed by atoms with van der Waals surface area (Å²) < 4.78 is 13.3. The first kappa shape index (κ1) is 20.8. The van der Waals surface area contributed by atoms with Crippen molar-refractivity contribution < 1.29 is 14.0 Å². The van der Waals surface area contributed by atoms with E-state index < -0.39 is 6.04 Å². The van der Waals surface area contributed by atoms with E-state index in [-0.39, 0.29) is 36.1 Å². The van der Waals surface area contributed by atoms with E-state index in [1.807, 2.05) is 17.5 Å². The molecule has 0 bridgehead atoms. The van der Waals surface area contributed by atoms with Gasteiger partial charge in [0.2, 0.25) is 11.8 Å². The highest BCUT2D eigenvalue weighted by atomic mass is 35.5. The maximum atomic E-state index is 13.3. The third-order valence-electron chi connectivity index (χ3n) is 5.03. The summed E-state index contributed by atoms with van der Waals surface area (Å²) >= 11 is 7.29. The van der Waals surface area contributed by atoms with Gasteiger partial charge in [0.1, 0.15) is 17.7 Å². The van der Waals surface area contributed by atoms with Gasteiger partial charge in [-0.25, -0.2) is 4.39 Å². The summed E-state index contributed by atoms with van der Waals surface area (Å²) in [7, 11) is 0. The van der Waals surface area contributed by atoms with E-state index in [4.69, 9.17) is 11.6 Å². The van der Waals surface area contributed by atoms with Crippen LogP contribution in [0.3, 0.4) is 0 Å². The Morgan fingerprint density at radius 3 is 2.50 bits per heavy atom. The molecule has 2 amide bonds. The monoisotopic (exact) mass is 422 g/mol. The zero-order chi connectivity index (χ0) is 19.9. The van der Waals surface area contributed by atoms with Gasteiger partial charge in [0.25, 0.3) is 0 Å². The minimum atomic E-state index is -0.752. The number of rotatable bonds is 7. The van der Waals surface area contributed by atoms with E-state index in [1.54, 1.807) is 12.1 Å². The lowest BCUT2D eigenvalue weighted by Gasteiger charge is -2.32. The van der Waals surface area contributed by atoms with E-state index in [0.717, 1.165) is 36.1 Å². The standard InChI is InChI=1S/C21H24ClFN2O2S/c22-13-19(26)25(14-15-8-10-16(23)11-9-15)20(18-7-4-12-28-18)21(27)24-17-5-2-1-3-6-17/h4,7-12,17,20H,1-3,5-6,13-14H2,(H,24,27). The van der Waals surface area contributed by atoms with Crippen LogP contribution in [-0.2, 0) is 16.1 Å². The number of nitrogens with one attached hydrogen (secondary N) is 1. The highest BCUT2D eigenvalue weighted by Gasteiger charge is 2.33. The van der Waals surface area contributed by atoms with E-state index in [2.05, 4.69) is 5.32 Å². The Balaban J connectivity index is 1.86. The van der Waals surface area contributed by atoms with Gasteiger partial charge < -0.3 is 10.2 Å². The van der Waals surface area contributed by atoms with Crippen molar-refractivity contribution in [2.45, 2.75) is 50.7 Å². The van der Waals surface area contributed by atoms with Crippen LogP contribution in [0.1, 0.15) is 48.6 Å². The molecule has 1 saturated carbocycles. The summed E-state index contributed by atoms with van der Waals surface area (Å²) in [6.07, 6.45) is 5.33. The number of benzene rings is 1. The summed E-state index contributed by atoms with van der Waals surface area (Å²) in [5.41, 5.74) is 0.742. The molecule has 0 radical (unpaired) electrons. The third kappa shape index (κ3) is 5.32. The van der Waals surface area contributed by atoms with Gasteiger partial charge in [-0.15, -0.1) is 22.9 Å². The quantitative estimate of drug-likeness (QED) is 0.660. The minimum Gasteiger partial charge on any atom is -0.351 e. The number of hydrogen-bond acceptors (Lipinski definition) is 3. The SMILES string of the molecule is O=C(NC1CCCCC1)C(c1cccs1)N(Cc1ccc(F)cc1)C(=O)CCl. The van der Waals surface area contributed by atoms with Crippen LogP contribution in [-0.4, -0.2) is 28.6 Å². The molecule has 3 rings (SSSR count). The molecule has 4 nitrogen and oxygen atoms in total. The Morgan fingerprint density at radius 1 is 1.18 bits per heavy atom. The van der Waals surface area contributed by atoms with Crippen molar-refractivity contribution in [1.29, 1.82) is 0 Å². The largest absolute Gasteiger partial charge is 0.351 e.